The summed E-state index contributed by atoms with van der Waals surface area (Å²) in [6.45, 7) is 2.98. The fraction of sp³-hybridized carbons (Fsp3) is 0.682. The third-order valence-electron chi connectivity index (χ3n) is 6.86. The van der Waals surface area contributed by atoms with Crippen LogP contribution in [-0.4, -0.2) is 24.5 Å². The Hall–Kier alpha value is -1.35. The maximum atomic E-state index is 12.6. The van der Waals surface area contributed by atoms with Crippen LogP contribution in [0.5, 0.6) is 0 Å². The van der Waals surface area contributed by atoms with Crippen molar-refractivity contribution in [2.75, 3.05) is 6.54 Å². The van der Waals surface area contributed by atoms with Crippen LogP contribution in [0.2, 0.25) is 0 Å². The molecular formula is C22H32N2O. The monoisotopic (exact) mass is 340 g/mol. The van der Waals surface area contributed by atoms with Gasteiger partial charge in [-0.15, -0.1) is 0 Å². The number of carbonyl (C=O) groups excluding carboxylic acids is 1. The average Bonchev–Trinajstić information content (AvgIpc) is 3.21. The zero-order valence-corrected chi connectivity index (χ0v) is 15.5. The molecule has 2 heterocycles. The van der Waals surface area contributed by atoms with Gasteiger partial charge in [0.2, 0.25) is 5.91 Å². The van der Waals surface area contributed by atoms with Crippen molar-refractivity contribution >= 4 is 5.91 Å². The minimum atomic E-state index is 0.162. The van der Waals surface area contributed by atoms with Crippen molar-refractivity contribution in [1.82, 2.24) is 10.6 Å². The van der Waals surface area contributed by atoms with Crippen LogP contribution in [0.25, 0.3) is 0 Å². The van der Waals surface area contributed by atoms with Crippen molar-refractivity contribution in [3.63, 3.8) is 0 Å². The standard InChI is InChI=1S/C22H32N2O/c1-16-5-4-6-18(11-16)22(9-2-3-10-22)15-23-21(25)14-17-12-19-7-8-20(13-17)24-19/h4-6,11,17,19-20,24H,2-3,7-10,12-15H2,1H3,(H,23,25). The fourth-order valence-electron chi connectivity index (χ4n) is 5.54. The number of piperidine rings is 1. The summed E-state index contributed by atoms with van der Waals surface area (Å²) in [4.78, 5) is 12.6. The molecule has 2 aliphatic heterocycles. The third kappa shape index (κ3) is 3.76. The van der Waals surface area contributed by atoms with Gasteiger partial charge < -0.3 is 10.6 Å². The summed E-state index contributed by atoms with van der Waals surface area (Å²) in [7, 11) is 0. The van der Waals surface area contributed by atoms with Crippen LogP contribution in [0.4, 0.5) is 0 Å². The smallest absolute Gasteiger partial charge is 0.220 e. The molecule has 4 rings (SSSR count). The molecule has 3 fully saturated rings. The van der Waals surface area contributed by atoms with E-state index in [4.69, 9.17) is 0 Å². The maximum absolute atomic E-state index is 12.6. The highest BCUT2D eigenvalue weighted by atomic mass is 16.1. The van der Waals surface area contributed by atoms with Gasteiger partial charge in [-0.25, -0.2) is 0 Å². The first-order chi connectivity index (χ1) is 12.1. The molecule has 2 atom stereocenters. The Kier molecular flexibility index (Phi) is 4.86. The first-order valence-corrected chi connectivity index (χ1v) is 10.2. The molecule has 0 spiro atoms. The number of rotatable bonds is 5. The molecule has 0 radical (unpaired) electrons. The van der Waals surface area contributed by atoms with Crippen LogP contribution in [0.15, 0.2) is 24.3 Å². The second kappa shape index (κ2) is 7.11. The summed E-state index contributed by atoms with van der Waals surface area (Å²) in [5.74, 6) is 0.850. The van der Waals surface area contributed by atoms with Crippen molar-refractivity contribution in [3.05, 3.63) is 35.4 Å². The average molecular weight is 341 g/mol. The zero-order chi connectivity index (χ0) is 17.3. The van der Waals surface area contributed by atoms with Gasteiger partial charge in [0.05, 0.1) is 0 Å². The predicted octanol–water partition coefficient (Wildman–Crippen LogP) is 3.84. The molecule has 3 nitrogen and oxygen atoms in total. The molecule has 2 saturated heterocycles. The highest BCUT2D eigenvalue weighted by Gasteiger charge is 2.37. The SMILES string of the molecule is Cc1cccc(C2(CNC(=O)CC3CC4CCC(C3)N4)CCCC2)c1. The molecule has 1 aromatic rings. The normalized spacial score (nSPS) is 30.4. The molecule has 1 saturated carbocycles. The third-order valence-corrected chi connectivity index (χ3v) is 6.86. The van der Waals surface area contributed by atoms with E-state index in [1.807, 2.05) is 0 Å². The Morgan fingerprint density at radius 3 is 2.60 bits per heavy atom. The van der Waals surface area contributed by atoms with E-state index in [1.165, 1.54) is 62.5 Å². The van der Waals surface area contributed by atoms with Crippen LogP contribution < -0.4 is 10.6 Å². The van der Waals surface area contributed by atoms with Crippen molar-refractivity contribution in [2.45, 2.75) is 82.2 Å². The van der Waals surface area contributed by atoms with E-state index >= 15 is 0 Å². The number of carbonyl (C=O) groups is 1. The first-order valence-electron chi connectivity index (χ1n) is 10.2. The Bertz CT molecular complexity index is 608. The highest BCUT2D eigenvalue weighted by Crippen LogP contribution is 2.41. The van der Waals surface area contributed by atoms with E-state index in [2.05, 4.69) is 41.8 Å². The first kappa shape index (κ1) is 17.1. The van der Waals surface area contributed by atoms with Crippen LogP contribution in [0, 0.1) is 12.8 Å². The van der Waals surface area contributed by atoms with Gasteiger partial charge in [-0.2, -0.15) is 0 Å². The van der Waals surface area contributed by atoms with Gasteiger partial charge in [0.15, 0.2) is 0 Å². The molecule has 3 heteroatoms. The molecule has 1 aromatic carbocycles. The van der Waals surface area contributed by atoms with E-state index in [9.17, 15) is 4.79 Å². The lowest BCUT2D eigenvalue weighted by molar-refractivity contribution is -0.122. The fourth-order valence-corrected chi connectivity index (χ4v) is 5.54. The summed E-state index contributed by atoms with van der Waals surface area (Å²) in [5.41, 5.74) is 2.90. The number of hydrogen-bond donors (Lipinski definition) is 2. The summed E-state index contributed by atoms with van der Waals surface area (Å²) in [5, 5.41) is 6.99. The van der Waals surface area contributed by atoms with Crippen molar-refractivity contribution in [3.8, 4) is 0 Å². The van der Waals surface area contributed by atoms with Gasteiger partial charge in [0.25, 0.3) is 0 Å². The lowest BCUT2D eigenvalue weighted by Crippen LogP contribution is -2.42. The van der Waals surface area contributed by atoms with Crippen molar-refractivity contribution < 1.29 is 4.79 Å². The lowest BCUT2D eigenvalue weighted by atomic mass is 9.78. The Balaban J connectivity index is 1.36. The van der Waals surface area contributed by atoms with E-state index < -0.39 is 0 Å². The quantitative estimate of drug-likeness (QED) is 0.855. The number of aryl methyl sites for hydroxylation is 1. The molecule has 2 N–H and O–H groups in total. The largest absolute Gasteiger partial charge is 0.355 e. The van der Waals surface area contributed by atoms with Gasteiger partial charge >= 0.3 is 0 Å². The summed E-state index contributed by atoms with van der Waals surface area (Å²) in [6, 6.07) is 10.2. The van der Waals surface area contributed by atoms with E-state index in [0.717, 1.165) is 13.0 Å². The van der Waals surface area contributed by atoms with Crippen LogP contribution in [0.1, 0.15) is 68.9 Å². The lowest BCUT2D eigenvalue weighted by Gasteiger charge is -2.32. The topological polar surface area (TPSA) is 41.1 Å². The zero-order valence-electron chi connectivity index (χ0n) is 15.5. The highest BCUT2D eigenvalue weighted by molar-refractivity contribution is 5.76. The Morgan fingerprint density at radius 2 is 1.92 bits per heavy atom. The van der Waals surface area contributed by atoms with Crippen molar-refractivity contribution in [2.24, 2.45) is 5.92 Å². The van der Waals surface area contributed by atoms with E-state index in [0.29, 0.717) is 18.0 Å². The maximum Gasteiger partial charge on any atom is 0.220 e. The van der Waals surface area contributed by atoms with Crippen LogP contribution in [-0.2, 0) is 10.2 Å². The number of nitrogens with one attached hydrogen (secondary N) is 2. The molecule has 1 aliphatic carbocycles. The second-order valence-electron chi connectivity index (χ2n) is 8.81. The van der Waals surface area contributed by atoms with Gasteiger partial charge in [0, 0.05) is 30.5 Å². The second-order valence-corrected chi connectivity index (χ2v) is 8.81. The number of hydrogen-bond acceptors (Lipinski definition) is 2. The van der Waals surface area contributed by atoms with Crippen LogP contribution in [0.3, 0.4) is 0 Å². The number of fused-ring (bicyclic) bond motifs is 2. The molecular weight excluding hydrogens is 308 g/mol. The summed E-state index contributed by atoms with van der Waals surface area (Å²) >= 11 is 0. The minimum absolute atomic E-state index is 0.162. The van der Waals surface area contributed by atoms with E-state index in [-0.39, 0.29) is 11.3 Å². The van der Waals surface area contributed by atoms with E-state index in [1.54, 1.807) is 0 Å². The summed E-state index contributed by atoms with van der Waals surface area (Å²) in [6.07, 6.45) is 10.7. The molecule has 0 aromatic heterocycles. The molecule has 1 amide bonds. The molecule has 2 unspecified atom stereocenters. The van der Waals surface area contributed by atoms with Gasteiger partial charge in [-0.1, -0.05) is 42.7 Å². The Labute approximate surface area is 152 Å². The summed E-state index contributed by atoms with van der Waals surface area (Å²) < 4.78 is 0. The molecule has 3 aliphatic rings. The van der Waals surface area contributed by atoms with Gasteiger partial charge in [-0.05, 0) is 56.9 Å². The molecule has 2 bridgehead atoms. The van der Waals surface area contributed by atoms with Crippen LogP contribution >= 0.6 is 0 Å². The number of amides is 1. The molecule has 136 valence electrons. The van der Waals surface area contributed by atoms with Gasteiger partial charge in [0.1, 0.15) is 0 Å². The number of benzene rings is 1. The Morgan fingerprint density at radius 1 is 1.20 bits per heavy atom. The van der Waals surface area contributed by atoms with Gasteiger partial charge in [-0.3, -0.25) is 4.79 Å². The molecule has 25 heavy (non-hydrogen) atoms. The van der Waals surface area contributed by atoms with Crippen molar-refractivity contribution in [1.29, 1.82) is 0 Å². The predicted molar refractivity (Wildman–Crippen MR) is 102 cm³/mol. The minimum Gasteiger partial charge on any atom is -0.355 e.